The first-order chi connectivity index (χ1) is 11.2. The predicted molar refractivity (Wildman–Crippen MR) is 90.0 cm³/mol. The standard InChI is InChI=1S/C18H21N3O2/c1-2-3-11-20-16(22)18(9-10-18)17(23)21-14-8-4-6-13-7-5-12-19-15(13)14/h4-8,12H,2-3,9-11H2,1H3,(H,20,22)(H,21,23). The third kappa shape index (κ3) is 3.04. The Balaban J connectivity index is 1.74. The molecule has 2 amide bonds. The van der Waals surface area contributed by atoms with Crippen molar-refractivity contribution in [3.05, 3.63) is 36.5 Å². The van der Waals surface area contributed by atoms with Gasteiger partial charge in [0.1, 0.15) is 5.41 Å². The highest BCUT2D eigenvalue weighted by molar-refractivity contribution is 6.14. The molecule has 0 unspecified atom stereocenters. The highest BCUT2D eigenvalue weighted by Gasteiger charge is 2.56. The Morgan fingerprint density at radius 3 is 2.70 bits per heavy atom. The summed E-state index contributed by atoms with van der Waals surface area (Å²) in [7, 11) is 0. The summed E-state index contributed by atoms with van der Waals surface area (Å²) in [5, 5.41) is 6.73. The molecule has 1 aromatic heterocycles. The zero-order valence-corrected chi connectivity index (χ0v) is 13.3. The van der Waals surface area contributed by atoms with E-state index in [1.807, 2.05) is 30.3 Å². The lowest BCUT2D eigenvalue weighted by Crippen LogP contribution is -2.40. The van der Waals surface area contributed by atoms with Gasteiger partial charge in [-0.1, -0.05) is 31.5 Å². The maximum atomic E-state index is 12.6. The number of carbonyl (C=O) groups is 2. The lowest BCUT2D eigenvalue weighted by Gasteiger charge is -2.16. The van der Waals surface area contributed by atoms with Gasteiger partial charge in [0.15, 0.2) is 0 Å². The van der Waals surface area contributed by atoms with Crippen LogP contribution in [0, 0.1) is 5.41 Å². The van der Waals surface area contributed by atoms with Crippen molar-refractivity contribution in [3.63, 3.8) is 0 Å². The molecular weight excluding hydrogens is 290 g/mol. The van der Waals surface area contributed by atoms with E-state index in [0.717, 1.165) is 23.7 Å². The summed E-state index contributed by atoms with van der Waals surface area (Å²) in [6.07, 6.45) is 4.85. The number of nitrogens with zero attached hydrogens (tertiary/aromatic N) is 1. The number of aromatic nitrogens is 1. The van der Waals surface area contributed by atoms with Crippen molar-refractivity contribution in [2.45, 2.75) is 32.6 Å². The Morgan fingerprint density at radius 1 is 1.17 bits per heavy atom. The molecule has 0 radical (unpaired) electrons. The van der Waals surface area contributed by atoms with Crippen LogP contribution in [0.1, 0.15) is 32.6 Å². The zero-order chi connectivity index (χ0) is 16.3. The Labute approximate surface area is 135 Å². The maximum Gasteiger partial charge on any atom is 0.240 e. The van der Waals surface area contributed by atoms with Crippen molar-refractivity contribution >= 4 is 28.4 Å². The first-order valence-corrected chi connectivity index (χ1v) is 8.11. The molecule has 0 saturated heterocycles. The summed E-state index contributed by atoms with van der Waals surface area (Å²) in [6, 6.07) is 9.45. The highest BCUT2D eigenvalue weighted by atomic mass is 16.2. The van der Waals surface area contributed by atoms with Crippen LogP contribution in [0.3, 0.4) is 0 Å². The molecule has 0 aliphatic heterocycles. The van der Waals surface area contributed by atoms with E-state index in [-0.39, 0.29) is 11.8 Å². The third-order valence-electron chi connectivity index (χ3n) is 4.32. The summed E-state index contributed by atoms with van der Waals surface area (Å²) in [5.74, 6) is -0.388. The quantitative estimate of drug-likeness (QED) is 0.636. The van der Waals surface area contributed by atoms with Gasteiger partial charge in [-0.05, 0) is 31.4 Å². The van der Waals surface area contributed by atoms with Crippen molar-refractivity contribution < 1.29 is 9.59 Å². The number of para-hydroxylation sites is 1. The lowest BCUT2D eigenvalue weighted by molar-refractivity contribution is -0.134. The van der Waals surface area contributed by atoms with E-state index in [9.17, 15) is 9.59 Å². The van der Waals surface area contributed by atoms with Crippen LogP contribution in [0.25, 0.3) is 10.9 Å². The van der Waals surface area contributed by atoms with Gasteiger partial charge >= 0.3 is 0 Å². The number of unbranched alkanes of at least 4 members (excludes halogenated alkanes) is 1. The molecule has 0 atom stereocenters. The van der Waals surface area contributed by atoms with Gasteiger partial charge in [-0.15, -0.1) is 0 Å². The second kappa shape index (κ2) is 6.36. The van der Waals surface area contributed by atoms with E-state index in [1.54, 1.807) is 6.20 Å². The number of fused-ring (bicyclic) bond motifs is 1. The number of pyridine rings is 1. The first-order valence-electron chi connectivity index (χ1n) is 8.11. The smallest absolute Gasteiger partial charge is 0.240 e. The third-order valence-corrected chi connectivity index (χ3v) is 4.32. The Kier molecular flexibility index (Phi) is 4.28. The van der Waals surface area contributed by atoms with Crippen LogP contribution in [0.4, 0.5) is 5.69 Å². The Bertz CT molecular complexity index is 733. The fourth-order valence-electron chi connectivity index (χ4n) is 2.68. The predicted octanol–water partition coefficient (Wildman–Crippen LogP) is 2.87. The molecule has 2 N–H and O–H groups in total. The minimum Gasteiger partial charge on any atom is -0.355 e. The van der Waals surface area contributed by atoms with Crippen molar-refractivity contribution in [2.75, 3.05) is 11.9 Å². The fourth-order valence-corrected chi connectivity index (χ4v) is 2.68. The molecule has 1 saturated carbocycles. The van der Waals surface area contributed by atoms with Crippen LogP contribution in [0.2, 0.25) is 0 Å². The summed E-state index contributed by atoms with van der Waals surface area (Å²) in [6.45, 7) is 2.69. The van der Waals surface area contributed by atoms with Gasteiger partial charge in [0.05, 0.1) is 11.2 Å². The van der Waals surface area contributed by atoms with E-state index in [2.05, 4.69) is 22.5 Å². The van der Waals surface area contributed by atoms with E-state index < -0.39 is 5.41 Å². The van der Waals surface area contributed by atoms with Crippen molar-refractivity contribution in [2.24, 2.45) is 5.41 Å². The number of rotatable bonds is 6. The van der Waals surface area contributed by atoms with Gasteiger partial charge in [-0.2, -0.15) is 0 Å². The Hall–Kier alpha value is -2.43. The topological polar surface area (TPSA) is 71.1 Å². The van der Waals surface area contributed by atoms with Crippen molar-refractivity contribution in [1.29, 1.82) is 0 Å². The molecule has 0 bridgehead atoms. The number of carbonyl (C=O) groups excluding carboxylic acids is 2. The molecule has 1 aliphatic carbocycles. The average molecular weight is 311 g/mol. The minimum absolute atomic E-state index is 0.156. The fraction of sp³-hybridized carbons (Fsp3) is 0.389. The molecule has 23 heavy (non-hydrogen) atoms. The van der Waals surface area contributed by atoms with Gasteiger partial charge in [0.25, 0.3) is 0 Å². The Morgan fingerprint density at radius 2 is 1.96 bits per heavy atom. The summed E-state index contributed by atoms with van der Waals surface area (Å²) >= 11 is 0. The SMILES string of the molecule is CCCCNC(=O)C1(C(=O)Nc2cccc3cccnc23)CC1. The molecular formula is C18H21N3O2. The number of hydrogen-bond donors (Lipinski definition) is 2. The number of amides is 2. The number of hydrogen-bond acceptors (Lipinski definition) is 3. The number of benzene rings is 1. The number of anilines is 1. The van der Waals surface area contributed by atoms with Crippen molar-refractivity contribution in [1.82, 2.24) is 10.3 Å². The second-order valence-electron chi connectivity index (χ2n) is 6.03. The van der Waals surface area contributed by atoms with Gasteiger partial charge in [0, 0.05) is 18.1 Å². The average Bonchev–Trinajstić information content (AvgIpc) is 3.37. The lowest BCUT2D eigenvalue weighted by atomic mass is 10.0. The van der Waals surface area contributed by atoms with Gasteiger partial charge in [0.2, 0.25) is 11.8 Å². The summed E-state index contributed by atoms with van der Waals surface area (Å²) in [5.41, 5.74) is 0.497. The van der Waals surface area contributed by atoms with Crippen LogP contribution in [0.5, 0.6) is 0 Å². The van der Waals surface area contributed by atoms with E-state index >= 15 is 0 Å². The normalized spacial score (nSPS) is 15.2. The maximum absolute atomic E-state index is 12.6. The van der Waals surface area contributed by atoms with Gasteiger partial charge in [-0.25, -0.2) is 0 Å². The van der Waals surface area contributed by atoms with E-state index in [1.165, 1.54) is 0 Å². The van der Waals surface area contributed by atoms with E-state index in [4.69, 9.17) is 0 Å². The monoisotopic (exact) mass is 311 g/mol. The molecule has 3 rings (SSSR count). The summed E-state index contributed by atoms with van der Waals surface area (Å²) < 4.78 is 0. The molecule has 1 heterocycles. The minimum atomic E-state index is -0.898. The molecule has 1 aliphatic rings. The molecule has 120 valence electrons. The molecule has 1 aromatic carbocycles. The molecule has 5 nitrogen and oxygen atoms in total. The van der Waals surface area contributed by atoms with Gasteiger partial charge < -0.3 is 10.6 Å². The highest BCUT2D eigenvalue weighted by Crippen LogP contribution is 2.47. The van der Waals surface area contributed by atoms with E-state index in [0.29, 0.717) is 25.1 Å². The molecule has 0 spiro atoms. The number of nitrogens with one attached hydrogen (secondary N) is 2. The van der Waals surface area contributed by atoms with Crippen LogP contribution in [-0.2, 0) is 9.59 Å². The summed E-state index contributed by atoms with van der Waals surface area (Å²) in [4.78, 5) is 29.3. The van der Waals surface area contributed by atoms with Crippen molar-refractivity contribution in [3.8, 4) is 0 Å². The van der Waals surface area contributed by atoms with Crippen LogP contribution < -0.4 is 10.6 Å². The largest absolute Gasteiger partial charge is 0.355 e. The van der Waals surface area contributed by atoms with Crippen LogP contribution >= 0.6 is 0 Å². The molecule has 2 aromatic rings. The second-order valence-corrected chi connectivity index (χ2v) is 6.03. The molecule has 5 heteroatoms. The van der Waals surface area contributed by atoms with Gasteiger partial charge in [-0.3, -0.25) is 14.6 Å². The van der Waals surface area contributed by atoms with Crippen LogP contribution in [0.15, 0.2) is 36.5 Å². The zero-order valence-electron chi connectivity index (χ0n) is 13.3. The van der Waals surface area contributed by atoms with Crippen LogP contribution in [-0.4, -0.2) is 23.3 Å². The first kappa shape index (κ1) is 15.5. The molecule has 1 fully saturated rings.